The van der Waals surface area contributed by atoms with Crippen molar-refractivity contribution in [3.8, 4) is 17.2 Å². The SMILES string of the molecule is COc1ccc(/C=C/C(=O)c2cccc(-n3cnnn3)c2)cc1OC. The van der Waals surface area contributed by atoms with Gasteiger partial charge in [-0.2, -0.15) is 0 Å². The maximum Gasteiger partial charge on any atom is 0.185 e. The Hall–Kier alpha value is -3.48. The first-order valence-electron chi connectivity index (χ1n) is 7.49. The molecule has 0 saturated heterocycles. The van der Waals surface area contributed by atoms with Gasteiger partial charge in [0.25, 0.3) is 0 Å². The Morgan fingerprint density at radius 3 is 2.64 bits per heavy atom. The molecule has 0 atom stereocenters. The van der Waals surface area contributed by atoms with Crippen LogP contribution in [0.3, 0.4) is 0 Å². The Bertz CT molecular complexity index is 904. The minimum absolute atomic E-state index is 0.121. The van der Waals surface area contributed by atoms with Crippen LogP contribution in [-0.2, 0) is 0 Å². The lowest BCUT2D eigenvalue weighted by molar-refractivity contribution is 0.104. The molecule has 0 unspecified atom stereocenters. The van der Waals surface area contributed by atoms with Gasteiger partial charge in [-0.15, -0.1) is 5.10 Å². The van der Waals surface area contributed by atoms with Gasteiger partial charge in [-0.05, 0) is 46.3 Å². The molecular weight excluding hydrogens is 320 g/mol. The van der Waals surface area contributed by atoms with Crippen LogP contribution in [0.25, 0.3) is 11.8 Å². The molecule has 0 bridgehead atoms. The van der Waals surface area contributed by atoms with Gasteiger partial charge in [0.2, 0.25) is 0 Å². The van der Waals surface area contributed by atoms with Gasteiger partial charge in [-0.3, -0.25) is 4.79 Å². The third-order valence-corrected chi connectivity index (χ3v) is 3.58. The zero-order valence-corrected chi connectivity index (χ0v) is 13.8. The number of hydrogen-bond acceptors (Lipinski definition) is 6. The normalized spacial score (nSPS) is 10.8. The van der Waals surface area contributed by atoms with Gasteiger partial charge in [-0.1, -0.05) is 24.3 Å². The maximum absolute atomic E-state index is 12.4. The molecule has 0 aliphatic carbocycles. The zero-order valence-electron chi connectivity index (χ0n) is 13.8. The van der Waals surface area contributed by atoms with E-state index in [4.69, 9.17) is 9.47 Å². The Kier molecular flexibility index (Phi) is 4.84. The lowest BCUT2D eigenvalue weighted by Crippen LogP contribution is -1.99. The van der Waals surface area contributed by atoms with E-state index < -0.39 is 0 Å². The van der Waals surface area contributed by atoms with Crippen LogP contribution >= 0.6 is 0 Å². The van der Waals surface area contributed by atoms with Crippen LogP contribution in [0.2, 0.25) is 0 Å². The van der Waals surface area contributed by atoms with E-state index in [1.54, 1.807) is 50.6 Å². The number of allylic oxidation sites excluding steroid dienone is 1. The Morgan fingerprint density at radius 1 is 1.08 bits per heavy atom. The van der Waals surface area contributed by atoms with Crippen LogP contribution in [-0.4, -0.2) is 40.2 Å². The van der Waals surface area contributed by atoms with Gasteiger partial charge >= 0.3 is 0 Å². The standard InChI is InChI=1S/C18H16N4O3/c1-24-17-9-7-13(10-18(17)25-2)6-8-16(23)14-4-3-5-15(11-14)22-12-19-20-21-22/h3-12H,1-2H3/b8-6+. The number of benzene rings is 2. The number of carbonyl (C=O) groups excluding carboxylic acids is 1. The summed E-state index contributed by atoms with van der Waals surface area (Å²) in [6, 6.07) is 12.5. The number of rotatable bonds is 6. The average molecular weight is 336 g/mol. The molecule has 7 nitrogen and oxygen atoms in total. The first kappa shape index (κ1) is 16.4. The summed E-state index contributed by atoms with van der Waals surface area (Å²) in [6.45, 7) is 0. The smallest absolute Gasteiger partial charge is 0.185 e. The van der Waals surface area contributed by atoms with Crippen molar-refractivity contribution in [2.24, 2.45) is 0 Å². The molecule has 0 radical (unpaired) electrons. The Balaban J connectivity index is 1.80. The summed E-state index contributed by atoms with van der Waals surface area (Å²) in [7, 11) is 3.15. The number of ether oxygens (including phenoxy) is 2. The molecule has 0 spiro atoms. The fraction of sp³-hybridized carbons (Fsp3) is 0.111. The molecule has 0 aliphatic heterocycles. The minimum Gasteiger partial charge on any atom is -0.493 e. The fourth-order valence-corrected chi connectivity index (χ4v) is 2.31. The summed E-state index contributed by atoms with van der Waals surface area (Å²) < 4.78 is 12.0. The van der Waals surface area contributed by atoms with Gasteiger partial charge in [-0.25, -0.2) is 4.68 Å². The third kappa shape index (κ3) is 3.72. The molecule has 1 heterocycles. The number of aromatic nitrogens is 4. The van der Waals surface area contributed by atoms with Crippen LogP contribution in [0.1, 0.15) is 15.9 Å². The van der Waals surface area contributed by atoms with Crippen LogP contribution in [0, 0.1) is 0 Å². The topological polar surface area (TPSA) is 79.1 Å². The molecule has 2 aromatic carbocycles. The number of carbonyl (C=O) groups is 1. The number of nitrogens with zero attached hydrogens (tertiary/aromatic N) is 4. The fourth-order valence-electron chi connectivity index (χ4n) is 2.31. The average Bonchev–Trinajstić information content (AvgIpc) is 3.20. The second-order valence-corrected chi connectivity index (χ2v) is 5.12. The summed E-state index contributed by atoms with van der Waals surface area (Å²) in [6.07, 6.45) is 4.72. The summed E-state index contributed by atoms with van der Waals surface area (Å²) in [5, 5.41) is 11.0. The molecule has 1 aromatic heterocycles. The quantitative estimate of drug-likeness (QED) is 0.508. The predicted molar refractivity (Wildman–Crippen MR) is 92.1 cm³/mol. The van der Waals surface area contributed by atoms with Gasteiger partial charge in [0.05, 0.1) is 19.9 Å². The molecule has 7 heteroatoms. The van der Waals surface area contributed by atoms with E-state index in [2.05, 4.69) is 15.5 Å². The molecule has 0 saturated carbocycles. The molecule has 3 aromatic rings. The highest BCUT2D eigenvalue weighted by Crippen LogP contribution is 2.28. The highest BCUT2D eigenvalue weighted by atomic mass is 16.5. The zero-order chi connectivity index (χ0) is 17.6. The highest BCUT2D eigenvalue weighted by Gasteiger charge is 2.06. The van der Waals surface area contributed by atoms with Crippen molar-refractivity contribution in [1.29, 1.82) is 0 Å². The van der Waals surface area contributed by atoms with Crippen molar-refractivity contribution in [3.05, 3.63) is 66.0 Å². The largest absolute Gasteiger partial charge is 0.493 e. The Labute approximate surface area is 144 Å². The summed E-state index contributed by atoms with van der Waals surface area (Å²) in [4.78, 5) is 12.4. The van der Waals surface area contributed by atoms with Crippen LogP contribution < -0.4 is 9.47 Å². The van der Waals surface area contributed by atoms with Crippen LogP contribution in [0.4, 0.5) is 0 Å². The van der Waals surface area contributed by atoms with Gasteiger partial charge in [0.1, 0.15) is 6.33 Å². The van der Waals surface area contributed by atoms with Crippen LogP contribution in [0.15, 0.2) is 54.9 Å². The lowest BCUT2D eigenvalue weighted by atomic mass is 10.1. The lowest BCUT2D eigenvalue weighted by Gasteiger charge is -2.07. The van der Waals surface area contributed by atoms with E-state index in [1.165, 1.54) is 17.1 Å². The summed E-state index contributed by atoms with van der Waals surface area (Å²) >= 11 is 0. The van der Waals surface area contributed by atoms with Crippen molar-refractivity contribution in [1.82, 2.24) is 20.2 Å². The van der Waals surface area contributed by atoms with Gasteiger partial charge in [0, 0.05) is 5.56 Å². The minimum atomic E-state index is -0.121. The number of ketones is 1. The molecular formula is C18H16N4O3. The molecule has 0 N–H and O–H groups in total. The number of methoxy groups -OCH3 is 2. The van der Waals surface area contributed by atoms with Crippen molar-refractivity contribution >= 4 is 11.9 Å². The number of tetrazole rings is 1. The van der Waals surface area contributed by atoms with E-state index >= 15 is 0 Å². The number of hydrogen-bond donors (Lipinski definition) is 0. The van der Waals surface area contributed by atoms with Crippen molar-refractivity contribution in [2.45, 2.75) is 0 Å². The van der Waals surface area contributed by atoms with E-state index in [0.29, 0.717) is 17.1 Å². The van der Waals surface area contributed by atoms with E-state index in [0.717, 1.165) is 11.3 Å². The molecule has 0 aliphatic rings. The second kappa shape index (κ2) is 7.39. The van der Waals surface area contributed by atoms with E-state index in [1.807, 2.05) is 12.1 Å². The van der Waals surface area contributed by atoms with Crippen molar-refractivity contribution < 1.29 is 14.3 Å². The first-order chi connectivity index (χ1) is 12.2. The van der Waals surface area contributed by atoms with Gasteiger partial charge < -0.3 is 9.47 Å². The summed E-state index contributed by atoms with van der Waals surface area (Å²) in [5.41, 5.74) is 2.10. The summed E-state index contributed by atoms with van der Waals surface area (Å²) in [5.74, 6) is 1.13. The van der Waals surface area contributed by atoms with Gasteiger partial charge in [0.15, 0.2) is 17.3 Å². The molecule has 3 rings (SSSR count). The Morgan fingerprint density at radius 2 is 1.92 bits per heavy atom. The molecule has 0 amide bonds. The molecule has 25 heavy (non-hydrogen) atoms. The van der Waals surface area contributed by atoms with E-state index in [9.17, 15) is 4.79 Å². The van der Waals surface area contributed by atoms with Crippen molar-refractivity contribution in [3.63, 3.8) is 0 Å². The molecule has 126 valence electrons. The second-order valence-electron chi connectivity index (χ2n) is 5.12. The van der Waals surface area contributed by atoms with Crippen LogP contribution in [0.5, 0.6) is 11.5 Å². The monoisotopic (exact) mass is 336 g/mol. The maximum atomic E-state index is 12.4. The van der Waals surface area contributed by atoms with Crippen molar-refractivity contribution in [2.75, 3.05) is 14.2 Å². The third-order valence-electron chi connectivity index (χ3n) is 3.58. The molecule has 0 fully saturated rings. The first-order valence-corrected chi connectivity index (χ1v) is 7.49. The predicted octanol–water partition coefficient (Wildman–Crippen LogP) is 2.58. The van der Waals surface area contributed by atoms with E-state index in [-0.39, 0.29) is 5.78 Å². The highest BCUT2D eigenvalue weighted by molar-refractivity contribution is 6.07.